The highest BCUT2D eigenvalue weighted by Gasteiger charge is 2.32. The minimum Gasteiger partial charge on any atom is -0.487 e. The maximum atomic E-state index is 14.5. The molecule has 0 radical (unpaired) electrons. The first-order valence-electron chi connectivity index (χ1n) is 8.52. The lowest BCUT2D eigenvalue weighted by Crippen LogP contribution is -2.24. The maximum Gasteiger partial charge on any atom is 0.303 e. The van der Waals surface area contributed by atoms with Crippen LogP contribution in [0, 0.1) is 11.6 Å². The smallest absolute Gasteiger partial charge is 0.303 e. The van der Waals surface area contributed by atoms with Gasteiger partial charge in [0.15, 0.2) is 0 Å². The molecule has 1 N–H and O–H groups in total. The van der Waals surface area contributed by atoms with Crippen molar-refractivity contribution in [2.24, 2.45) is 0 Å². The summed E-state index contributed by atoms with van der Waals surface area (Å²) in [7, 11) is 0. The first-order chi connectivity index (χ1) is 12.7. The van der Waals surface area contributed by atoms with Gasteiger partial charge in [-0.1, -0.05) is 11.6 Å². The lowest BCUT2D eigenvalue weighted by Gasteiger charge is -2.18. The number of halogens is 3. The first-order valence-corrected chi connectivity index (χ1v) is 9.88. The Morgan fingerprint density at radius 1 is 1.26 bits per heavy atom. The normalized spacial score (nSPS) is 14.7. The van der Waals surface area contributed by atoms with Gasteiger partial charge in [-0.05, 0) is 55.9 Å². The third-order valence-corrected chi connectivity index (χ3v) is 5.61. The number of hydrogen-bond donors (Lipinski definition) is 1. The summed E-state index contributed by atoms with van der Waals surface area (Å²) in [4.78, 5) is 10.4. The fraction of sp³-hybridized carbons (Fsp3) is 0.350. The molecule has 0 unspecified atom stereocenters. The molecule has 0 fully saturated rings. The zero-order valence-electron chi connectivity index (χ0n) is 14.9. The Bertz CT molecular complexity index is 876. The number of rotatable bonds is 6. The highest BCUT2D eigenvalue weighted by Crippen LogP contribution is 2.45. The number of ether oxygens (including phenoxy) is 1. The molecule has 3 nitrogen and oxygen atoms in total. The van der Waals surface area contributed by atoms with Gasteiger partial charge in [0.2, 0.25) is 0 Å². The van der Waals surface area contributed by atoms with E-state index in [0.717, 1.165) is 17.3 Å². The summed E-state index contributed by atoms with van der Waals surface area (Å²) >= 11 is 7.17. The molecule has 2 aromatic rings. The van der Waals surface area contributed by atoms with E-state index in [1.807, 2.05) is 19.9 Å². The van der Waals surface area contributed by atoms with Crippen molar-refractivity contribution in [2.75, 3.05) is 5.75 Å². The van der Waals surface area contributed by atoms with E-state index in [0.29, 0.717) is 40.5 Å². The Hall–Kier alpha value is -1.79. The molecule has 0 amide bonds. The van der Waals surface area contributed by atoms with Gasteiger partial charge in [-0.15, -0.1) is 11.8 Å². The van der Waals surface area contributed by atoms with Crippen molar-refractivity contribution in [1.29, 1.82) is 0 Å². The average molecular weight is 413 g/mol. The molecular formula is C20H19ClF2O3S. The molecule has 3 rings (SSSR count). The van der Waals surface area contributed by atoms with Gasteiger partial charge in [0.1, 0.15) is 23.0 Å². The number of thioether (sulfide) groups is 1. The van der Waals surface area contributed by atoms with Crippen LogP contribution in [0.15, 0.2) is 29.2 Å². The third-order valence-electron chi connectivity index (χ3n) is 4.22. The fourth-order valence-electron chi connectivity index (χ4n) is 3.14. The Morgan fingerprint density at radius 2 is 1.93 bits per heavy atom. The summed E-state index contributed by atoms with van der Waals surface area (Å²) < 4.78 is 35.1. The standard InChI is InChI=1S/C20H19ClF2O3S/c1-20(2)10-12-6-13(21)9-14(18(12)26-20)11-7-15(22)19(16(23)8-11)27-5-3-4-17(24)25/h6-9H,3-5,10H2,1-2H3,(H,24,25). The molecule has 144 valence electrons. The van der Waals surface area contributed by atoms with Crippen molar-refractivity contribution in [3.63, 3.8) is 0 Å². The van der Waals surface area contributed by atoms with Crippen molar-refractivity contribution in [2.45, 2.75) is 43.6 Å². The molecule has 1 aliphatic heterocycles. The van der Waals surface area contributed by atoms with E-state index in [1.165, 1.54) is 12.1 Å². The highest BCUT2D eigenvalue weighted by atomic mass is 35.5. The van der Waals surface area contributed by atoms with Gasteiger partial charge in [-0.3, -0.25) is 4.79 Å². The van der Waals surface area contributed by atoms with Crippen molar-refractivity contribution in [3.05, 3.63) is 46.5 Å². The number of aliphatic carboxylic acids is 1. The minimum absolute atomic E-state index is 0.0316. The molecule has 0 saturated carbocycles. The van der Waals surface area contributed by atoms with Gasteiger partial charge in [0.25, 0.3) is 0 Å². The van der Waals surface area contributed by atoms with Gasteiger partial charge in [-0.2, -0.15) is 0 Å². The SMILES string of the molecule is CC1(C)Cc2cc(Cl)cc(-c3cc(F)c(SCCCC(=O)O)c(F)c3)c2O1. The highest BCUT2D eigenvalue weighted by molar-refractivity contribution is 7.99. The van der Waals surface area contributed by atoms with Gasteiger partial charge in [0, 0.05) is 29.0 Å². The predicted octanol–water partition coefficient (Wildman–Crippen LogP) is 5.96. The van der Waals surface area contributed by atoms with E-state index < -0.39 is 23.2 Å². The summed E-state index contributed by atoms with van der Waals surface area (Å²) in [6.07, 6.45) is 0.972. The molecule has 7 heteroatoms. The number of carboxylic acid groups (broad SMARTS) is 1. The van der Waals surface area contributed by atoms with Gasteiger partial charge < -0.3 is 9.84 Å². The van der Waals surface area contributed by atoms with E-state index in [2.05, 4.69) is 0 Å². The van der Waals surface area contributed by atoms with Crippen LogP contribution >= 0.6 is 23.4 Å². The molecule has 0 saturated heterocycles. The van der Waals surface area contributed by atoms with Crippen LogP contribution in [0.1, 0.15) is 32.3 Å². The van der Waals surface area contributed by atoms with E-state index in [1.54, 1.807) is 6.07 Å². The van der Waals surface area contributed by atoms with E-state index in [9.17, 15) is 13.6 Å². The van der Waals surface area contributed by atoms with Crippen molar-refractivity contribution >= 4 is 29.3 Å². The lowest BCUT2D eigenvalue weighted by molar-refractivity contribution is -0.137. The molecule has 1 aliphatic rings. The number of carbonyl (C=O) groups is 1. The average Bonchev–Trinajstić information content (AvgIpc) is 2.85. The zero-order chi connectivity index (χ0) is 19.8. The Kier molecular flexibility index (Phi) is 5.68. The molecule has 0 aromatic heterocycles. The quantitative estimate of drug-likeness (QED) is 0.470. The first kappa shape index (κ1) is 20.0. The monoisotopic (exact) mass is 412 g/mol. The molecule has 1 heterocycles. The second kappa shape index (κ2) is 7.68. The van der Waals surface area contributed by atoms with Crippen molar-refractivity contribution < 1.29 is 23.4 Å². The molecule has 0 spiro atoms. The van der Waals surface area contributed by atoms with E-state index in [-0.39, 0.29) is 11.3 Å². The number of carboxylic acids is 1. The minimum atomic E-state index is -0.926. The van der Waals surface area contributed by atoms with Crippen LogP contribution in [-0.2, 0) is 11.2 Å². The van der Waals surface area contributed by atoms with E-state index in [4.69, 9.17) is 21.4 Å². The van der Waals surface area contributed by atoms with Crippen molar-refractivity contribution in [1.82, 2.24) is 0 Å². The zero-order valence-corrected chi connectivity index (χ0v) is 16.5. The van der Waals surface area contributed by atoms with Crippen LogP contribution in [0.2, 0.25) is 5.02 Å². The summed E-state index contributed by atoms with van der Waals surface area (Å²) in [5.74, 6) is -1.37. The Balaban J connectivity index is 1.90. The molecule has 27 heavy (non-hydrogen) atoms. The maximum absolute atomic E-state index is 14.5. The fourth-order valence-corrected chi connectivity index (χ4v) is 4.27. The largest absolute Gasteiger partial charge is 0.487 e. The number of fused-ring (bicyclic) bond motifs is 1. The van der Waals surface area contributed by atoms with Crippen LogP contribution in [0.25, 0.3) is 11.1 Å². The molecular weight excluding hydrogens is 394 g/mol. The second-order valence-electron chi connectivity index (χ2n) is 7.09. The number of benzene rings is 2. The van der Waals surface area contributed by atoms with Crippen LogP contribution in [0.3, 0.4) is 0 Å². The molecule has 0 aliphatic carbocycles. The Morgan fingerprint density at radius 3 is 2.56 bits per heavy atom. The summed E-state index contributed by atoms with van der Waals surface area (Å²) in [6.45, 7) is 3.89. The second-order valence-corrected chi connectivity index (χ2v) is 8.64. The van der Waals surface area contributed by atoms with Crippen LogP contribution in [-0.4, -0.2) is 22.4 Å². The van der Waals surface area contributed by atoms with E-state index >= 15 is 0 Å². The summed E-state index contributed by atoms with van der Waals surface area (Å²) in [5, 5.41) is 9.12. The predicted molar refractivity (Wildman–Crippen MR) is 103 cm³/mol. The van der Waals surface area contributed by atoms with Gasteiger partial charge in [0.05, 0.1) is 4.90 Å². The lowest BCUT2D eigenvalue weighted by atomic mass is 9.98. The topological polar surface area (TPSA) is 46.5 Å². The molecule has 2 aromatic carbocycles. The molecule has 0 atom stereocenters. The van der Waals surface area contributed by atoms with Gasteiger partial charge >= 0.3 is 5.97 Å². The van der Waals surface area contributed by atoms with Crippen molar-refractivity contribution in [3.8, 4) is 16.9 Å². The van der Waals surface area contributed by atoms with Crippen LogP contribution in [0.5, 0.6) is 5.75 Å². The summed E-state index contributed by atoms with van der Waals surface area (Å²) in [5.41, 5.74) is 1.42. The van der Waals surface area contributed by atoms with Crippen LogP contribution in [0.4, 0.5) is 8.78 Å². The number of hydrogen-bond acceptors (Lipinski definition) is 3. The van der Waals surface area contributed by atoms with Crippen LogP contribution < -0.4 is 4.74 Å². The summed E-state index contributed by atoms with van der Waals surface area (Å²) in [6, 6.07) is 6.00. The molecule has 0 bridgehead atoms. The Labute approximate surface area is 165 Å². The van der Waals surface area contributed by atoms with Gasteiger partial charge in [-0.25, -0.2) is 8.78 Å². The third kappa shape index (κ3) is 4.55.